The van der Waals surface area contributed by atoms with Crippen LogP contribution in [-0.2, 0) is 9.59 Å². The monoisotopic (exact) mass is 511 g/mol. The molecule has 3 aromatic rings. The van der Waals surface area contributed by atoms with Gasteiger partial charge in [-0.1, -0.05) is 55.2 Å². The number of anilines is 1. The summed E-state index contributed by atoms with van der Waals surface area (Å²) in [5.41, 5.74) is 2.06. The molecule has 6 nitrogen and oxygen atoms in total. The van der Waals surface area contributed by atoms with Crippen molar-refractivity contribution in [3.63, 3.8) is 0 Å². The summed E-state index contributed by atoms with van der Waals surface area (Å²) >= 11 is 12.1. The number of carbonyl (C=O) groups is 2. The third-order valence-corrected chi connectivity index (χ3v) is 6.73. The van der Waals surface area contributed by atoms with Crippen molar-refractivity contribution in [2.75, 3.05) is 12.0 Å². The molecule has 1 aliphatic rings. The Bertz CT molecular complexity index is 1350. The van der Waals surface area contributed by atoms with E-state index in [1.807, 2.05) is 12.1 Å². The lowest BCUT2D eigenvalue weighted by Gasteiger charge is -2.26. The molecule has 0 spiro atoms. The minimum absolute atomic E-state index is 0.133. The second kappa shape index (κ2) is 9.64. The van der Waals surface area contributed by atoms with Crippen molar-refractivity contribution < 1.29 is 24.5 Å². The number of hydrogen-bond donors (Lipinski definition) is 2. The van der Waals surface area contributed by atoms with Gasteiger partial charge in [-0.05, 0) is 59.5 Å². The lowest BCUT2D eigenvalue weighted by atomic mass is 9.94. The summed E-state index contributed by atoms with van der Waals surface area (Å²) in [6.45, 7) is 4.11. The average molecular weight is 512 g/mol. The first-order chi connectivity index (χ1) is 16.6. The molecule has 0 aromatic heterocycles. The van der Waals surface area contributed by atoms with Gasteiger partial charge < -0.3 is 14.9 Å². The summed E-state index contributed by atoms with van der Waals surface area (Å²) in [5, 5.41) is 22.1. The molecular formula is C27H23Cl2NO5. The van der Waals surface area contributed by atoms with Gasteiger partial charge in [0.25, 0.3) is 11.7 Å². The van der Waals surface area contributed by atoms with E-state index in [2.05, 4.69) is 13.8 Å². The molecule has 0 radical (unpaired) electrons. The van der Waals surface area contributed by atoms with Crippen molar-refractivity contribution in [1.29, 1.82) is 0 Å². The molecule has 0 bridgehead atoms. The number of aliphatic hydroxyl groups excluding tert-OH is 1. The summed E-state index contributed by atoms with van der Waals surface area (Å²) in [4.78, 5) is 27.9. The maximum atomic E-state index is 13.3. The van der Waals surface area contributed by atoms with Gasteiger partial charge in [0.15, 0.2) is 11.5 Å². The van der Waals surface area contributed by atoms with E-state index in [0.717, 1.165) is 5.56 Å². The molecular weight excluding hydrogens is 489 g/mol. The summed E-state index contributed by atoms with van der Waals surface area (Å²) in [7, 11) is 1.42. The summed E-state index contributed by atoms with van der Waals surface area (Å²) in [6.07, 6.45) is 0. The van der Waals surface area contributed by atoms with E-state index in [-0.39, 0.29) is 38.6 Å². The normalized spacial score (nSPS) is 17.3. The first-order valence-corrected chi connectivity index (χ1v) is 11.6. The molecule has 180 valence electrons. The second-order valence-corrected chi connectivity index (χ2v) is 9.29. The first kappa shape index (κ1) is 24.6. The van der Waals surface area contributed by atoms with Crippen LogP contribution < -0.4 is 9.64 Å². The topological polar surface area (TPSA) is 87.1 Å². The van der Waals surface area contributed by atoms with E-state index in [1.54, 1.807) is 18.2 Å². The maximum Gasteiger partial charge on any atom is 0.300 e. The number of aromatic hydroxyl groups is 1. The average Bonchev–Trinajstić information content (AvgIpc) is 3.10. The Morgan fingerprint density at radius 1 is 0.971 bits per heavy atom. The van der Waals surface area contributed by atoms with Crippen LogP contribution in [0.5, 0.6) is 11.5 Å². The fourth-order valence-electron chi connectivity index (χ4n) is 4.11. The minimum Gasteiger partial charge on any atom is -0.507 e. The number of ketones is 1. The zero-order valence-electron chi connectivity index (χ0n) is 19.3. The number of methoxy groups -OCH3 is 1. The predicted octanol–water partition coefficient (Wildman–Crippen LogP) is 6.46. The molecule has 1 saturated heterocycles. The Morgan fingerprint density at radius 2 is 1.66 bits per heavy atom. The number of rotatable bonds is 5. The van der Waals surface area contributed by atoms with Gasteiger partial charge in [-0.3, -0.25) is 14.5 Å². The summed E-state index contributed by atoms with van der Waals surface area (Å²) in [6, 6.07) is 15.3. The molecule has 35 heavy (non-hydrogen) atoms. The van der Waals surface area contributed by atoms with E-state index in [9.17, 15) is 19.8 Å². The van der Waals surface area contributed by atoms with Crippen LogP contribution in [0.25, 0.3) is 5.76 Å². The third kappa shape index (κ3) is 4.47. The highest BCUT2D eigenvalue weighted by molar-refractivity contribution is 6.51. The van der Waals surface area contributed by atoms with Crippen LogP contribution in [0, 0.1) is 0 Å². The second-order valence-electron chi connectivity index (χ2n) is 8.48. The maximum absolute atomic E-state index is 13.3. The number of nitrogens with zero attached hydrogens (tertiary/aromatic N) is 1. The van der Waals surface area contributed by atoms with Crippen LogP contribution in [0.4, 0.5) is 5.69 Å². The highest BCUT2D eigenvalue weighted by atomic mass is 35.5. The Morgan fingerprint density at radius 3 is 2.23 bits per heavy atom. The predicted molar refractivity (Wildman–Crippen MR) is 136 cm³/mol. The summed E-state index contributed by atoms with van der Waals surface area (Å²) < 4.78 is 5.13. The molecule has 3 aromatic carbocycles. The number of Topliss-reactive ketones (excluding diaryl/α,β-unsaturated/α-hetero) is 1. The molecule has 1 atom stereocenters. The molecule has 8 heteroatoms. The SMILES string of the molecule is COc1ccc(C2/C(=C(/O)c3ccc(Cl)c(Cl)c3)C(=O)C(=O)N2c2ccc(C(C)C)cc2)cc1O. The third-order valence-electron chi connectivity index (χ3n) is 5.99. The van der Waals surface area contributed by atoms with Gasteiger partial charge >= 0.3 is 0 Å². The van der Waals surface area contributed by atoms with Crippen molar-refractivity contribution in [3.05, 3.63) is 93.0 Å². The number of halogens is 2. The Kier molecular flexibility index (Phi) is 6.79. The zero-order valence-corrected chi connectivity index (χ0v) is 20.8. The number of benzene rings is 3. The van der Waals surface area contributed by atoms with Gasteiger partial charge in [-0.25, -0.2) is 0 Å². The number of amides is 1. The lowest BCUT2D eigenvalue weighted by molar-refractivity contribution is -0.132. The largest absolute Gasteiger partial charge is 0.507 e. The number of ether oxygens (including phenoxy) is 1. The Balaban J connectivity index is 1.94. The Labute approximate surface area is 213 Å². The molecule has 1 heterocycles. The highest BCUT2D eigenvalue weighted by Gasteiger charge is 2.47. The van der Waals surface area contributed by atoms with Gasteiger partial charge in [0.1, 0.15) is 5.76 Å². The van der Waals surface area contributed by atoms with Crippen molar-refractivity contribution in [2.24, 2.45) is 0 Å². The quantitative estimate of drug-likeness (QED) is 0.233. The van der Waals surface area contributed by atoms with Crippen LogP contribution in [0.1, 0.15) is 42.5 Å². The van der Waals surface area contributed by atoms with Crippen LogP contribution in [-0.4, -0.2) is 29.0 Å². The molecule has 1 unspecified atom stereocenters. The minimum atomic E-state index is -1.01. The summed E-state index contributed by atoms with van der Waals surface area (Å²) in [5.74, 6) is -1.71. The van der Waals surface area contributed by atoms with Crippen molar-refractivity contribution >= 4 is 46.3 Å². The first-order valence-electron chi connectivity index (χ1n) is 10.9. The fraction of sp³-hybridized carbons (Fsp3) is 0.185. The van der Waals surface area contributed by atoms with E-state index in [0.29, 0.717) is 11.3 Å². The molecule has 1 aliphatic heterocycles. The highest BCUT2D eigenvalue weighted by Crippen LogP contribution is 2.44. The van der Waals surface area contributed by atoms with Crippen LogP contribution in [0.3, 0.4) is 0 Å². The number of carbonyl (C=O) groups excluding carboxylic acids is 2. The standard InChI is InChI=1S/C27H23Cl2NO5/c1-14(2)15-4-8-18(9-5-15)30-24(16-7-11-22(35-3)21(31)13-16)23(26(33)27(30)34)25(32)17-6-10-19(28)20(29)12-17/h4-14,24,31-32H,1-3H3/b25-23-. The smallest absolute Gasteiger partial charge is 0.300 e. The van der Waals surface area contributed by atoms with Gasteiger partial charge in [-0.2, -0.15) is 0 Å². The van der Waals surface area contributed by atoms with Crippen LogP contribution in [0.15, 0.2) is 66.2 Å². The molecule has 0 aliphatic carbocycles. The van der Waals surface area contributed by atoms with Gasteiger partial charge in [-0.15, -0.1) is 0 Å². The van der Waals surface area contributed by atoms with Crippen molar-refractivity contribution in [2.45, 2.75) is 25.8 Å². The van der Waals surface area contributed by atoms with Gasteiger partial charge in [0.05, 0.1) is 28.8 Å². The van der Waals surface area contributed by atoms with E-state index in [1.165, 1.54) is 42.3 Å². The fourth-order valence-corrected chi connectivity index (χ4v) is 4.41. The molecule has 1 fully saturated rings. The zero-order chi connectivity index (χ0) is 25.4. The van der Waals surface area contributed by atoms with E-state index >= 15 is 0 Å². The van der Waals surface area contributed by atoms with Crippen LogP contribution in [0.2, 0.25) is 10.0 Å². The molecule has 4 rings (SSSR count). The Hall–Kier alpha value is -3.48. The van der Waals surface area contributed by atoms with Gasteiger partial charge in [0.2, 0.25) is 0 Å². The molecule has 2 N–H and O–H groups in total. The molecule has 0 saturated carbocycles. The number of phenols is 1. The molecule has 1 amide bonds. The number of hydrogen-bond acceptors (Lipinski definition) is 5. The van der Waals surface area contributed by atoms with Crippen molar-refractivity contribution in [3.8, 4) is 11.5 Å². The van der Waals surface area contributed by atoms with E-state index < -0.39 is 23.5 Å². The lowest BCUT2D eigenvalue weighted by Crippen LogP contribution is -2.29. The number of aliphatic hydroxyl groups is 1. The van der Waals surface area contributed by atoms with Gasteiger partial charge in [0, 0.05) is 11.3 Å². The van der Waals surface area contributed by atoms with E-state index in [4.69, 9.17) is 27.9 Å². The van der Waals surface area contributed by atoms with Crippen LogP contribution >= 0.6 is 23.2 Å². The van der Waals surface area contributed by atoms with Crippen molar-refractivity contribution in [1.82, 2.24) is 0 Å². The number of phenolic OH excluding ortho intramolecular Hbond substituents is 1.